The molecule has 0 saturated heterocycles. The quantitative estimate of drug-likeness (QED) is 0.933. The van der Waals surface area contributed by atoms with Crippen LogP contribution in [0.1, 0.15) is 47.8 Å². The van der Waals surface area contributed by atoms with E-state index in [1.165, 1.54) is 24.1 Å². The molecule has 0 amide bonds. The number of nitrogens with zero attached hydrogens (tertiary/aromatic N) is 3. The number of thiazole rings is 1. The first-order valence-electron chi connectivity index (χ1n) is 6.75. The fourth-order valence-corrected chi connectivity index (χ4v) is 3.29. The van der Waals surface area contributed by atoms with Crippen molar-refractivity contribution in [3.8, 4) is 0 Å². The van der Waals surface area contributed by atoms with Crippen molar-refractivity contribution in [3.63, 3.8) is 0 Å². The van der Waals surface area contributed by atoms with Gasteiger partial charge in [-0.05, 0) is 39.5 Å². The molecule has 0 spiro atoms. The maximum atomic E-state index is 4.53. The highest BCUT2D eigenvalue weighted by Crippen LogP contribution is 2.28. The summed E-state index contributed by atoms with van der Waals surface area (Å²) >= 11 is 1.70. The second-order valence-electron chi connectivity index (χ2n) is 5.05. The predicted molar refractivity (Wildman–Crippen MR) is 77.6 cm³/mol. The van der Waals surface area contributed by atoms with E-state index in [0.717, 1.165) is 29.4 Å². The lowest BCUT2D eigenvalue weighted by Gasteiger charge is -2.20. The van der Waals surface area contributed by atoms with Crippen molar-refractivity contribution in [2.45, 2.75) is 45.6 Å². The fourth-order valence-electron chi connectivity index (χ4n) is 2.48. The molecule has 0 aromatic carbocycles. The van der Waals surface area contributed by atoms with Crippen LogP contribution < -0.4 is 5.32 Å². The Labute approximate surface area is 117 Å². The summed E-state index contributed by atoms with van der Waals surface area (Å²) < 4.78 is 0. The van der Waals surface area contributed by atoms with Crippen molar-refractivity contribution >= 4 is 17.2 Å². The minimum atomic E-state index is 0.194. The molecule has 2 aromatic heterocycles. The van der Waals surface area contributed by atoms with Crippen molar-refractivity contribution in [2.75, 3.05) is 5.32 Å². The largest absolute Gasteiger partial charge is 0.361 e. The molecule has 1 aliphatic carbocycles. The van der Waals surface area contributed by atoms with Gasteiger partial charge in [-0.2, -0.15) is 0 Å². The molecule has 2 aromatic rings. The monoisotopic (exact) mass is 274 g/mol. The van der Waals surface area contributed by atoms with Gasteiger partial charge >= 0.3 is 0 Å². The van der Waals surface area contributed by atoms with Gasteiger partial charge in [0.05, 0.1) is 6.04 Å². The molecule has 1 atom stereocenters. The lowest BCUT2D eigenvalue weighted by Crippen LogP contribution is -2.14. The number of fused-ring (bicyclic) bond motifs is 1. The molecule has 3 rings (SSSR count). The zero-order valence-electron chi connectivity index (χ0n) is 11.3. The Kier molecular flexibility index (Phi) is 3.46. The zero-order chi connectivity index (χ0) is 13.2. The second kappa shape index (κ2) is 5.25. The van der Waals surface area contributed by atoms with E-state index < -0.39 is 0 Å². The number of hydrogen-bond donors (Lipinski definition) is 1. The summed E-state index contributed by atoms with van der Waals surface area (Å²) in [7, 11) is 0. The van der Waals surface area contributed by atoms with Crippen LogP contribution in [-0.2, 0) is 12.8 Å². The molecule has 0 aliphatic heterocycles. The Bertz CT molecular complexity index is 579. The minimum Gasteiger partial charge on any atom is -0.361 e. The Morgan fingerprint density at radius 1 is 1.26 bits per heavy atom. The van der Waals surface area contributed by atoms with E-state index in [1.54, 1.807) is 17.7 Å². The zero-order valence-corrected chi connectivity index (χ0v) is 12.1. The van der Waals surface area contributed by atoms with Crippen molar-refractivity contribution in [1.82, 2.24) is 15.0 Å². The lowest BCUT2D eigenvalue weighted by molar-refractivity contribution is 0.661. The molecule has 1 aliphatic rings. The molecule has 4 nitrogen and oxygen atoms in total. The average molecular weight is 274 g/mol. The highest BCUT2D eigenvalue weighted by molar-refractivity contribution is 7.09. The molecule has 0 radical (unpaired) electrons. The number of aryl methyl sites for hydroxylation is 2. The normalized spacial score (nSPS) is 15.9. The first kappa shape index (κ1) is 12.5. The third-order valence-electron chi connectivity index (χ3n) is 3.49. The molecule has 19 heavy (non-hydrogen) atoms. The van der Waals surface area contributed by atoms with E-state index in [2.05, 4.69) is 32.6 Å². The van der Waals surface area contributed by atoms with Crippen LogP contribution in [0.4, 0.5) is 5.82 Å². The van der Waals surface area contributed by atoms with Gasteiger partial charge in [-0.3, -0.25) is 0 Å². The summed E-state index contributed by atoms with van der Waals surface area (Å²) in [6.45, 7) is 4.16. The highest BCUT2D eigenvalue weighted by atomic mass is 32.1. The maximum Gasteiger partial charge on any atom is 0.133 e. The minimum absolute atomic E-state index is 0.194. The maximum absolute atomic E-state index is 4.53. The number of anilines is 1. The van der Waals surface area contributed by atoms with Crippen LogP contribution in [-0.4, -0.2) is 15.0 Å². The fraction of sp³-hybridized carbons (Fsp3) is 0.500. The molecule has 1 N–H and O–H groups in total. The van der Waals surface area contributed by atoms with Crippen LogP contribution in [0.3, 0.4) is 0 Å². The summed E-state index contributed by atoms with van der Waals surface area (Å²) in [5.41, 5.74) is 3.60. The van der Waals surface area contributed by atoms with Crippen molar-refractivity contribution < 1.29 is 0 Å². The third kappa shape index (κ3) is 2.61. The van der Waals surface area contributed by atoms with Gasteiger partial charge in [-0.15, -0.1) is 11.3 Å². The third-order valence-corrected chi connectivity index (χ3v) is 4.63. The van der Waals surface area contributed by atoms with E-state index in [9.17, 15) is 0 Å². The molecule has 0 fully saturated rings. The topological polar surface area (TPSA) is 50.7 Å². The summed E-state index contributed by atoms with van der Waals surface area (Å²) in [5.74, 6) is 0.991. The van der Waals surface area contributed by atoms with E-state index in [-0.39, 0.29) is 6.04 Å². The number of hydrogen-bond acceptors (Lipinski definition) is 5. The predicted octanol–water partition coefficient (Wildman–Crippen LogP) is 3.29. The second-order valence-corrected chi connectivity index (χ2v) is 5.94. The van der Waals surface area contributed by atoms with Gasteiger partial charge in [0, 0.05) is 22.3 Å². The van der Waals surface area contributed by atoms with E-state index in [1.807, 2.05) is 6.92 Å². The smallest absolute Gasteiger partial charge is 0.133 e. The SMILES string of the molecule is Cc1csc(C(C)Nc2ncnc3c2CCCC3)n1. The molecule has 5 heteroatoms. The number of aromatic nitrogens is 3. The molecule has 100 valence electrons. The Balaban J connectivity index is 1.83. The summed E-state index contributed by atoms with van der Waals surface area (Å²) in [4.78, 5) is 13.4. The molecule has 2 heterocycles. The van der Waals surface area contributed by atoms with E-state index in [0.29, 0.717) is 0 Å². The molecular formula is C14H18N4S. The van der Waals surface area contributed by atoms with Gasteiger partial charge in [0.25, 0.3) is 0 Å². The van der Waals surface area contributed by atoms with Crippen LogP contribution in [0, 0.1) is 6.92 Å². The van der Waals surface area contributed by atoms with Crippen molar-refractivity contribution in [2.24, 2.45) is 0 Å². The van der Waals surface area contributed by atoms with E-state index >= 15 is 0 Å². The molecule has 1 unspecified atom stereocenters. The highest BCUT2D eigenvalue weighted by Gasteiger charge is 2.18. The van der Waals surface area contributed by atoms with Gasteiger partial charge in [0.1, 0.15) is 17.2 Å². The lowest BCUT2D eigenvalue weighted by atomic mass is 9.96. The average Bonchev–Trinajstić information content (AvgIpc) is 2.86. The summed E-state index contributed by atoms with van der Waals surface area (Å²) in [5, 5.41) is 6.69. The van der Waals surface area contributed by atoms with Crippen molar-refractivity contribution in [3.05, 3.63) is 33.7 Å². The summed E-state index contributed by atoms with van der Waals surface area (Å²) in [6, 6.07) is 0.194. The molecular weight excluding hydrogens is 256 g/mol. The van der Waals surface area contributed by atoms with Gasteiger partial charge in [-0.1, -0.05) is 0 Å². The van der Waals surface area contributed by atoms with Crippen LogP contribution in [0.25, 0.3) is 0 Å². The Hall–Kier alpha value is -1.49. The van der Waals surface area contributed by atoms with Gasteiger partial charge in [-0.25, -0.2) is 15.0 Å². The summed E-state index contributed by atoms with van der Waals surface area (Å²) in [6.07, 6.45) is 6.32. The van der Waals surface area contributed by atoms with Crippen LogP contribution >= 0.6 is 11.3 Å². The first-order valence-corrected chi connectivity index (χ1v) is 7.63. The molecule has 0 bridgehead atoms. The Morgan fingerprint density at radius 2 is 2.11 bits per heavy atom. The number of rotatable bonds is 3. The van der Waals surface area contributed by atoms with Crippen LogP contribution in [0.5, 0.6) is 0 Å². The van der Waals surface area contributed by atoms with Gasteiger partial charge in [0.2, 0.25) is 0 Å². The van der Waals surface area contributed by atoms with Crippen LogP contribution in [0.2, 0.25) is 0 Å². The number of nitrogens with one attached hydrogen (secondary N) is 1. The first-order chi connectivity index (χ1) is 9.24. The van der Waals surface area contributed by atoms with Gasteiger partial charge in [0.15, 0.2) is 0 Å². The van der Waals surface area contributed by atoms with Crippen LogP contribution in [0.15, 0.2) is 11.7 Å². The van der Waals surface area contributed by atoms with E-state index in [4.69, 9.17) is 0 Å². The standard InChI is InChI=1S/C14H18N4S/c1-9-7-19-14(17-9)10(2)18-13-11-5-3-4-6-12(11)15-8-16-13/h7-8,10H,3-6H2,1-2H3,(H,15,16,18). The van der Waals surface area contributed by atoms with Crippen molar-refractivity contribution in [1.29, 1.82) is 0 Å². The van der Waals surface area contributed by atoms with Gasteiger partial charge < -0.3 is 5.32 Å². The molecule has 0 saturated carbocycles. The Morgan fingerprint density at radius 3 is 2.89 bits per heavy atom.